The molecule has 1 aromatic heterocycles. The quantitative estimate of drug-likeness (QED) is 0.814. The molecule has 1 aliphatic carbocycles. The number of nitrogen functional groups attached to an aromatic ring is 1. The lowest BCUT2D eigenvalue weighted by Crippen LogP contribution is -2.36. The number of fused-ring (bicyclic) bond motifs is 2. The number of aromatic nitrogens is 1. The number of hydrogen-bond donors (Lipinski definition) is 1. The topological polar surface area (TPSA) is 72.4 Å². The Hall–Kier alpha value is -2.01. The molecule has 23 heavy (non-hydrogen) atoms. The molecule has 0 fully saturated rings. The molecule has 5 nitrogen and oxygen atoms in total. The van der Waals surface area contributed by atoms with Gasteiger partial charge in [-0.2, -0.15) is 0 Å². The van der Waals surface area contributed by atoms with Crippen molar-refractivity contribution in [3.8, 4) is 0 Å². The molecule has 1 aromatic carbocycles. The van der Waals surface area contributed by atoms with Crippen LogP contribution in [0.2, 0.25) is 0 Å². The van der Waals surface area contributed by atoms with Gasteiger partial charge in [0, 0.05) is 29.9 Å². The third kappa shape index (κ3) is 2.59. The lowest BCUT2D eigenvalue weighted by Gasteiger charge is -2.30. The van der Waals surface area contributed by atoms with E-state index in [1.54, 1.807) is 0 Å². The van der Waals surface area contributed by atoms with E-state index in [9.17, 15) is 4.79 Å². The largest absolute Gasteiger partial charge is 0.398 e. The Labute approximate surface area is 141 Å². The number of halogens is 1. The Morgan fingerprint density at radius 1 is 1.13 bits per heavy atom. The first-order valence-electron chi connectivity index (χ1n) is 7.92. The van der Waals surface area contributed by atoms with Crippen molar-refractivity contribution in [2.24, 2.45) is 0 Å². The van der Waals surface area contributed by atoms with Gasteiger partial charge >= 0.3 is 0 Å². The lowest BCUT2D eigenvalue weighted by atomic mass is 9.95. The molecule has 4 rings (SSSR count). The highest BCUT2D eigenvalue weighted by atomic mass is 35.5. The molecule has 0 spiro atoms. The Morgan fingerprint density at radius 3 is 2.78 bits per heavy atom. The zero-order valence-corrected chi connectivity index (χ0v) is 13.7. The highest BCUT2D eigenvalue weighted by Crippen LogP contribution is 2.33. The van der Waals surface area contributed by atoms with Crippen molar-refractivity contribution in [1.29, 1.82) is 0 Å². The van der Waals surface area contributed by atoms with Crippen LogP contribution in [-0.2, 0) is 19.3 Å². The van der Waals surface area contributed by atoms with Gasteiger partial charge in [-0.25, -0.2) is 0 Å². The van der Waals surface area contributed by atoms with Crippen LogP contribution in [0.15, 0.2) is 22.7 Å². The van der Waals surface area contributed by atoms with Gasteiger partial charge in [-0.15, -0.1) is 12.4 Å². The van der Waals surface area contributed by atoms with Gasteiger partial charge < -0.3 is 15.2 Å². The van der Waals surface area contributed by atoms with E-state index in [0.717, 1.165) is 66.8 Å². The molecule has 0 atom stereocenters. The highest BCUT2D eigenvalue weighted by Gasteiger charge is 2.30. The zero-order chi connectivity index (χ0) is 15.1. The van der Waals surface area contributed by atoms with Crippen molar-refractivity contribution in [2.45, 2.75) is 38.5 Å². The minimum atomic E-state index is -0.0570. The van der Waals surface area contributed by atoms with Crippen LogP contribution in [0.1, 0.15) is 46.6 Å². The van der Waals surface area contributed by atoms with Crippen LogP contribution < -0.4 is 10.6 Å². The first-order valence-corrected chi connectivity index (χ1v) is 7.92. The van der Waals surface area contributed by atoms with Crippen LogP contribution in [0.25, 0.3) is 0 Å². The van der Waals surface area contributed by atoms with E-state index in [4.69, 9.17) is 10.3 Å². The highest BCUT2D eigenvalue weighted by molar-refractivity contribution is 6.06. The summed E-state index contributed by atoms with van der Waals surface area (Å²) in [7, 11) is 0. The van der Waals surface area contributed by atoms with Gasteiger partial charge in [-0.05, 0) is 49.8 Å². The van der Waals surface area contributed by atoms with Gasteiger partial charge in [-0.3, -0.25) is 4.79 Å². The third-order valence-electron chi connectivity index (χ3n) is 4.68. The number of nitrogens with zero attached hydrogens (tertiary/aromatic N) is 2. The molecule has 0 saturated carbocycles. The summed E-state index contributed by atoms with van der Waals surface area (Å²) in [6, 6.07) is 5.76. The lowest BCUT2D eigenvalue weighted by molar-refractivity contribution is 0.0975. The molecular weight excluding hydrogens is 314 g/mol. The maximum atomic E-state index is 13.0. The summed E-state index contributed by atoms with van der Waals surface area (Å²) in [5, 5.41) is 4.07. The average Bonchev–Trinajstić information content (AvgIpc) is 2.98. The first-order chi connectivity index (χ1) is 10.8. The normalized spacial score (nSPS) is 16.3. The Balaban J connectivity index is 0.00000156. The number of carbonyl (C=O) groups is 1. The molecule has 0 unspecified atom stereocenters. The van der Waals surface area contributed by atoms with Crippen LogP contribution in [-0.4, -0.2) is 17.6 Å². The molecule has 0 radical (unpaired) electrons. The minimum absolute atomic E-state index is 0. The molecule has 1 amide bonds. The van der Waals surface area contributed by atoms with Gasteiger partial charge in [0.1, 0.15) is 5.76 Å². The van der Waals surface area contributed by atoms with Crippen LogP contribution >= 0.6 is 12.4 Å². The number of aryl methyl sites for hydroxylation is 1. The summed E-state index contributed by atoms with van der Waals surface area (Å²) < 4.78 is 5.39. The summed E-state index contributed by atoms with van der Waals surface area (Å²) in [5.74, 6) is 0.831. The standard InChI is InChI=1S/C17H19N3O2.ClH/c18-13-7-3-8-14-11(13)6-4-10-20(14)17(21)16-12-5-1-2-9-15(12)22-19-16;/h3,7-8H,1-2,4-6,9-10,18H2;1H. The molecule has 122 valence electrons. The van der Waals surface area contributed by atoms with Crippen molar-refractivity contribution in [3.05, 3.63) is 40.8 Å². The summed E-state index contributed by atoms with van der Waals surface area (Å²) in [6.07, 6.45) is 5.82. The fraction of sp³-hybridized carbons (Fsp3) is 0.412. The zero-order valence-electron chi connectivity index (χ0n) is 12.9. The predicted octanol–water partition coefficient (Wildman–Crippen LogP) is 3.15. The van der Waals surface area contributed by atoms with E-state index in [0.29, 0.717) is 12.2 Å². The van der Waals surface area contributed by atoms with E-state index < -0.39 is 0 Å². The van der Waals surface area contributed by atoms with Gasteiger partial charge in [0.05, 0.1) is 0 Å². The minimum Gasteiger partial charge on any atom is -0.398 e. The van der Waals surface area contributed by atoms with Crippen LogP contribution in [0, 0.1) is 0 Å². The number of nitrogens with two attached hydrogens (primary N) is 1. The molecule has 2 heterocycles. The number of anilines is 2. The predicted molar refractivity (Wildman–Crippen MR) is 91.2 cm³/mol. The molecule has 0 bridgehead atoms. The monoisotopic (exact) mass is 333 g/mol. The summed E-state index contributed by atoms with van der Waals surface area (Å²) >= 11 is 0. The first kappa shape index (κ1) is 15.9. The fourth-order valence-electron chi connectivity index (χ4n) is 3.54. The summed E-state index contributed by atoms with van der Waals surface area (Å²) in [6.45, 7) is 0.705. The number of amides is 1. The van der Waals surface area contributed by atoms with Crippen molar-refractivity contribution in [2.75, 3.05) is 17.2 Å². The van der Waals surface area contributed by atoms with E-state index in [-0.39, 0.29) is 18.3 Å². The van der Waals surface area contributed by atoms with Crippen LogP contribution in [0.3, 0.4) is 0 Å². The van der Waals surface area contributed by atoms with E-state index in [1.165, 1.54) is 0 Å². The molecule has 1 aliphatic heterocycles. The second kappa shape index (κ2) is 6.24. The summed E-state index contributed by atoms with van der Waals surface area (Å²) in [5.41, 5.74) is 10.3. The number of benzene rings is 1. The number of hydrogen-bond acceptors (Lipinski definition) is 4. The maximum absolute atomic E-state index is 13.0. The Kier molecular flexibility index (Phi) is 4.31. The molecule has 0 saturated heterocycles. The smallest absolute Gasteiger partial charge is 0.280 e. The average molecular weight is 334 g/mol. The Bertz CT molecular complexity index is 741. The van der Waals surface area contributed by atoms with Gasteiger partial charge in [0.25, 0.3) is 5.91 Å². The van der Waals surface area contributed by atoms with Crippen LogP contribution in [0.4, 0.5) is 11.4 Å². The molecule has 2 N–H and O–H groups in total. The number of carbonyl (C=O) groups excluding carboxylic acids is 1. The maximum Gasteiger partial charge on any atom is 0.280 e. The molecular formula is C17H20ClN3O2. The van der Waals surface area contributed by atoms with E-state index >= 15 is 0 Å². The van der Waals surface area contributed by atoms with Crippen molar-refractivity contribution >= 4 is 29.7 Å². The van der Waals surface area contributed by atoms with Crippen LogP contribution in [0.5, 0.6) is 0 Å². The Morgan fingerprint density at radius 2 is 1.91 bits per heavy atom. The third-order valence-corrected chi connectivity index (χ3v) is 4.68. The second-order valence-electron chi connectivity index (χ2n) is 6.05. The van der Waals surface area contributed by atoms with Crippen molar-refractivity contribution in [3.63, 3.8) is 0 Å². The second-order valence-corrected chi connectivity index (χ2v) is 6.05. The van der Waals surface area contributed by atoms with E-state index in [2.05, 4.69) is 5.16 Å². The summed E-state index contributed by atoms with van der Waals surface area (Å²) in [4.78, 5) is 14.8. The molecule has 6 heteroatoms. The molecule has 2 aromatic rings. The van der Waals surface area contributed by atoms with Gasteiger partial charge in [-0.1, -0.05) is 11.2 Å². The van der Waals surface area contributed by atoms with Crippen molar-refractivity contribution < 1.29 is 9.32 Å². The SMILES string of the molecule is Cl.Nc1cccc2c1CCCN2C(=O)c1noc2c1CCCC2. The number of rotatable bonds is 1. The van der Waals surface area contributed by atoms with Crippen molar-refractivity contribution in [1.82, 2.24) is 5.16 Å². The fourth-order valence-corrected chi connectivity index (χ4v) is 3.54. The van der Waals surface area contributed by atoms with Gasteiger partial charge in [0.15, 0.2) is 5.69 Å². The van der Waals surface area contributed by atoms with E-state index in [1.807, 2.05) is 23.1 Å². The molecule has 2 aliphatic rings. The van der Waals surface area contributed by atoms with Gasteiger partial charge in [0.2, 0.25) is 0 Å².